The number of hydrogen-bond donors (Lipinski definition) is 1. The van der Waals surface area contributed by atoms with Crippen molar-refractivity contribution in [2.45, 2.75) is 31.8 Å². The molecule has 2 aromatic rings. The highest BCUT2D eigenvalue weighted by molar-refractivity contribution is 6.06. The second-order valence-electron chi connectivity index (χ2n) is 7.32. The lowest BCUT2D eigenvalue weighted by atomic mass is 10.0. The van der Waals surface area contributed by atoms with Gasteiger partial charge in [0.25, 0.3) is 5.91 Å². The van der Waals surface area contributed by atoms with Crippen LogP contribution in [0.25, 0.3) is 10.9 Å². The smallest absolute Gasteiger partial charge is 0.251 e. The number of carbonyl (C=O) groups excluding carboxylic acids is 2. The van der Waals surface area contributed by atoms with Crippen molar-refractivity contribution in [2.75, 3.05) is 26.7 Å². The number of aromatic nitrogens is 1. The average molecular weight is 367 g/mol. The zero-order valence-electron chi connectivity index (χ0n) is 15.6. The van der Waals surface area contributed by atoms with Crippen LogP contribution in [-0.4, -0.2) is 48.4 Å². The molecule has 1 aliphatic carbocycles. The average Bonchev–Trinajstić information content (AvgIpc) is 3.26. The number of amides is 2. The Kier molecular flexibility index (Phi) is 5.07. The lowest BCUT2D eigenvalue weighted by Crippen LogP contribution is -2.44. The van der Waals surface area contributed by atoms with Crippen molar-refractivity contribution in [2.24, 2.45) is 5.92 Å². The van der Waals surface area contributed by atoms with Crippen molar-refractivity contribution < 1.29 is 14.3 Å². The van der Waals surface area contributed by atoms with E-state index < -0.39 is 0 Å². The van der Waals surface area contributed by atoms with E-state index in [9.17, 15) is 9.59 Å². The lowest BCUT2D eigenvalue weighted by molar-refractivity contribution is -0.143. The molecule has 0 spiro atoms. The molecule has 4 rings (SSSR count). The number of ether oxygens (including phenoxy) is 1. The van der Waals surface area contributed by atoms with E-state index in [1.807, 2.05) is 29.2 Å². The highest BCUT2D eigenvalue weighted by Gasteiger charge is 2.32. The number of fused-ring (bicyclic) bond motifs is 1. The topological polar surface area (TPSA) is 71.5 Å². The van der Waals surface area contributed by atoms with Crippen LogP contribution >= 0.6 is 0 Å². The van der Waals surface area contributed by atoms with E-state index in [-0.39, 0.29) is 23.8 Å². The predicted octanol–water partition coefficient (Wildman–Crippen LogP) is 2.68. The van der Waals surface area contributed by atoms with Gasteiger partial charge in [-0.2, -0.15) is 0 Å². The number of rotatable bonds is 3. The second-order valence-corrected chi connectivity index (χ2v) is 7.32. The minimum Gasteiger partial charge on any atom is -0.368 e. The van der Waals surface area contributed by atoms with Crippen molar-refractivity contribution >= 4 is 22.7 Å². The van der Waals surface area contributed by atoms with Gasteiger partial charge >= 0.3 is 0 Å². The summed E-state index contributed by atoms with van der Waals surface area (Å²) in [4.78, 5) is 31.8. The molecule has 2 aliphatic rings. The number of para-hydroxylation sites is 1. The lowest BCUT2D eigenvalue weighted by Gasteiger charge is -2.34. The minimum absolute atomic E-state index is 0.149. The van der Waals surface area contributed by atoms with Crippen LogP contribution in [0.4, 0.5) is 0 Å². The molecule has 6 heteroatoms. The summed E-state index contributed by atoms with van der Waals surface area (Å²) in [6.45, 7) is 1.61. The molecule has 1 aromatic heterocycles. The third-order valence-electron chi connectivity index (χ3n) is 5.62. The zero-order valence-corrected chi connectivity index (χ0v) is 15.6. The van der Waals surface area contributed by atoms with Gasteiger partial charge in [0.05, 0.1) is 29.9 Å². The van der Waals surface area contributed by atoms with Gasteiger partial charge in [-0.3, -0.25) is 9.59 Å². The van der Waals surface area contributed by atoms with Gasteiger partial charge in [-0.25, -0.2) is 4.98 Å². The van der Waals surface area contributed by atoms with Gasteiger partial charge in [0.15, 0.2) is 0 Å². The molecule has 27 heavy (non-hydrogen) atoms. The molecule has 1 saturated heterocycles. The summed E-state index contributed by atoms with van der Waals surface area (Å²) in [6.07, 6.45) is 3.97. The first-order valence-electron chi connectivity index (χ1n) is 9.69. The molecule has 1 N–H and O–H groups in total. The largest absolute Gasteiger partial charge is 0.368 e. The molecule has 6 nitrogen and oxygen atoms in total. The molecule has 1 atom stereocenters. The van der Waals surface area contributed by atoms with E-state index in [2.05, 4.69) is 5.32 Å². The first-order valence-corrected chi connectivity index (χ1v) is 9.69. The van der Waals surface area contributed by atoms with E-state index in [1.54, 1.807) is 13.1 Å². The molecule has 1 saturated carbocycles. The van der Waals surface area contributed by atoms with Gasteiger partial charge in [-0.15, -0.1) is 0 Å². The fraction of sp³-hybridized carbons (Fsp3) is 0.476. The van der Waals surface area contributed by atoms with Gasteiger partial charge in [0.1, 0.15) is 6.10 Å². The minimum atomic E-state index is -0.308. The molecular weight excluding hydrogens is 342 g/mol. The van der Waals surface area contributed by atoms with Crippen molar-refractivity contribution in [3.05, 3.63) is 41.6 Å². The first kappa shape index (κ1) is 17.9. The van der Waals surface area contributed by atoms with E-state index in [0.29, 0.717) is 31.0 Å². The number of pyridine rings is 1. The SMILES string of the molecule is CNC(=O)c1cc(C2CN(C(=O)C3CCCC3)CCO2)nc2ccccc12. The van der Waals surface area contributed by atoms with E-state index in [1.165, 1.54) is 0 Å². The summed E-state index contributed by atoms with van der Waals surface area (Å²) < 4.78 is 5.94. The maximum Gasteiger partial charge on any atom is 0.251 e. The van der Waals surface area contributed by atoms with E-state index >= 15 is 0 Å². The number of carbonyl (C=O) groups is 2. The highest BCUT2D eigenvalue weighted by Crippen LogP contribution is 2.30. The van der Waals surface area contributed by atoms with Crippen LogP contribution < -0.4 is 5.32 Å². The molecule has 2 heterocycles. The van der Waals surface area contributed by atoms with Crippen LogP contribution in [0, 0.1) is 5.92 Å². The van der Waals surface area contributed by atoms with Crippen LogP contribution in [0.3, 0.4) is 0 Å². The summed E-state index contributed by atoms with van der Waals surface area (Å²) in [6, 6.07) is 9.40. The number of hydrogen-bond acceptors (Lipinski definition) is 4. The van der Waals surface area contributed by atoms with Crippen molar-refractivity contribution in [3.63, 3.8) is 0 Å². The maximum atomic E-state index is 12.8. The Bertz CT molecular complexity index is 861. The number of nitrogens with one attached hydrogen (secondary N) is 1. The van der Waals surface area contributed by atoms with Crippen molar-refractivity contribution in [3.8, 4) is 0 Å². The maximum absolute atomic E-state index is 12.8. The fourth-order valence-electron chi connectivity index (χ4n) is 4.14. The normalized spacial score (nSPS) is 20.8. The Morgan fingerprint density at radius 3 is 2.78 bits per heavy atom. The quantitative estimate of drug-likeness (QED) is 0.905. The third kappa shape index (κ3) is 3.54. The summed E-state index contributed by atoms with van der Waals surface area (Å²) in [5.41, 5.74) is 2.05. The molecule has 0 radical (unpaired) electrons. The van der Waals surface area contributed by atoms with Gasteiger partial charge in [-0.05, 0) is 25.0 Å². The standard InChI is InChI=1S/C21H25N3O3/c1-22-20(25)16-12-18(23-17-9-5-4-8-15(16)17)19-13-24(10-11-27-19)21(26)14-6-2-3-7-14/h4-5,8-9,12,14,19H,2-3,6-7,10-11,13H2,1H3,(H,22,25). The molecule has 2 amide bonds. The molecule has 1 unspecified atom stereocenters. The monoisotopic (exact) mass is 367 g/mol. The van der Waals surface area contributed by atoms with E-state index in [4.69, 9.17) is 9.72 Å². The van der Waals surface area contributed by atoms with Crippen LogP contribution in [0.15, 0.2) is 30.3 Å². The number of morpholine rings is 1. The van der Waals surface area contributed by atoms with Gasteiger partial charge in [-0.1, -0.05) is 31.0 Å². The van der Waals surface area contributed by atoms with Crippen LogP contribution in [0.5, 0.6) is 0 Å². The molecular formula is C21H25N3O3. The van der Waals surface area contributed by atoms with Crippen LogP contribution in [0.1, 0.15) is 47.8 Å². The number of benzene rings is 1. The van der Waals surface area contributed by atoms with Gasteiger partial charge in [0, 0.05) is 24.9 Å². The Hall–Kier alpha value is -2.47. The third-order valence-corrected chi connectivity index (χ3v) is 5.62. The number of nitrogens with zero attached hydrogens (tertiary/aromatic N) is 2. The van der Waals surface area contributed by atoms with E-state index in [0.717, 1.165) is 36.6 Å². The van der Waals surface area contributed by atoms with Gasteiger partial charge < -0.3 is 15.0 Å². The van der Waals surface area contributed by atoms with Crippen LogP contribution in [-0.2, 0) is 9.53 Å². The zero-order chi connectivity index (χ0) is 18.8. The summed E-state index contributed by atoms with van der Waals surface area (Å²) in [5.74, 6) is 0.257. The molecule has 2 fully saturated rings. The highest BCUT2D eigenvalue weighted by atomic mass is 16.5. The molecule has 0 bridgehead atoms. The Morgan fingerprint density at radius 2 is 2.00 bits per heavy atom. The Morgan fingerprint density at radius 1 is 1.22 bits per heavy atom. The summed E-state index contributed by atoms with van der Waals surface area (Å²) >= 11 is 0. The summed E-state index contributed by atoms with van der Waals surface area (Å²) in [5, 5.41) is 3.51. The first-order chi connectivity index (χ1) is 13.2. The molecule has 1 aliphatic heterocycles. The fourth-order valence-corrected chi connectivity index (χ4v) is 4.14. The second kappa shape index (κ2) is 7.64. The molecule has 1 aromatic carbocycles. The molecule has 142 valence electrons. The van der Waals surface area contributed by atoms with Crippen LogP contribution in [0.2, 0.25) is 0 Å². The predicted molar refractivity (Wildman–Crippen MR) is 102 cm³/mol. The van der Waals surface area contributed by atoms with Crippen molar-refractivity contribution in [1.29, 1.82) is 0 Å². The Labute approximate surface area is 158 Å². The Balaban J connectivity index is 1.63. The van der Waals surface area contributed by atoms with Crippen molar-refractivity contribution in [1.82, 2.24) is 15.2 Å². The van der Waals surface area contributed by atoms with Gasteiger partial charge in [0.2, 0.25) is 5.91 Å². The summed E-state index contributed by atoms with van der Waals surface area (Å²) in [7, 11) is 1.62.